The zero-order chi connectivity index (χ0) is 13.1. The Labute approximate surface area is 112 Å². The molecule has 2 rings (SSSR count). The summed E-state index contributed by atoms with van der Waals surface area (Å²) in [5.74, 6) is 0.0603. The van der Waals surface area contributed by atoms with Crippen LogP contribution in [0.1, 0.15) is 49.4 Å². The highest BCUT2D eigenvalue weighted by atomic mass is 35.5. The summed E-state index contributed by atoms with van der Waals surface area (Å²) in [7, 11) is 0. The zero-order valence-electron chi connectivity index (χ0n) is 10.6. The summed E-state index contributed by atoms with van der Waals surface area (Å²) in [5.41, 5.74) is 0.0825. The Morgan fingerprint density at radius 2 is 2.00 bits per heavy atom. The average Bonchev–Trinajstić information content (AvgIpc) is 2.38. The van der Waals surface area contributed by atoms with E-state index in [0.29, 0.717) is 0 Å². The third kappa shape index (κ3) is 2.74. The van der Waals surface area contributed by atoms with Crippen LogP contribution in [0.15, 0.2) is 18.2 Å². The van der Waals surface area contributed by atoms with Crippen LogP contribution in [0.3, 0.4) is 0 Å². The van der Waals surface area contributed by atoms with Crippen molar-refractivity contribution < 1.29 is 9.18 Å². The van der Waals surface area contributed by atoms with Crippen LogP contribution < -0.4 is 0 Å². The van der Waals surface area contributed by atoms with Crippen molar-refractivity contribution in [2.75, 3.05) is 0 Å². The van der Waals surface area contributed by atoms with E-state index in [9.17, 15) is 9.18 Å². The molecule has 0 saturated heterocycles. The predicted octanol–water partition coefficient (Wildman–Crippen LogP) is 4.88. The van der Waals surface area contributed by atoms with Crippen LogP contribution in [0.25, 0.3) is 0 Å². The third-order valence-corrected chi connectivity index (χ3v) is 4.32. The maximum atomic E-state index is 13.7. The Morgan fingerprint density at radius 3 is 2.56 bits per heavy atom. The molecule has 0 atom stereocenters. The van der Waals surface area contributed by atoms with Gasteiger partial charge in [0.15, 0.2) is 5.78 Å². The fourth-order valence-corrected chi connectivity index (χ4v) is 3.03. The number of rotatable bonds is 3. The molecule has 1 aliphatic rings. The van der Waals surface area contributed by atoms with Gasteiger partial charge < -0.3 is 0 Å². The van der Waals surface area contributed by atoms with E-state index in [1.54, 1.807) is 6.07 Å². The molecule has 0 spiro atoms. The Hall–Kier alpha value is -0.890. The van der Waals surface area contributed by atoms with Gasteiger partial charge in [0.25, 0.3) is 0 Å². The first-order chi connectivity index (χ1) is 8.63. The Balaban J connectivity index is 2.13. The van der Waals surface area contributed by atoms with E-state index in [0.717, 1.165) is 31.6 Å². The molecule has 0 unspecified atom stereocenters. The number of ketones is 1. The lowest BCUT2D eigenvalue weighted by atomic mass is 9.78. The number of hydrogen-bond acceptors (Lipinski definition) is 1. The van der Waals surface area contributed by atoms with Gasteiger partial charge in [-0.2, -0.15) is 0 Å². The highest BCUT2D eigenvalue weighted by Crippen LogP contribution is 2.34. The van der Waals surface area contributed by atoms with E-state index in [2.05, 4.69) is 6.92 Å². The predicted molar refractivity (Wildman–Crippen MR) is 71.5 cm³/mol. The Morgan fingerprint density at radius 1 is 1.33 bits per heavy atom. The largest absolute Gasteiger partial charge is 0.294 e. The van der Waals surface area contributed by atoms with Crippen LogP contribution in [-0.4, -0.2) is 5.78 Å². The standard InChI is InChI=1S/C15H18ClFO/c1-2-10-6-8-11(9-7-10)15(18)14-12(16)4-3-5-13(14)17/h3-5,10-11H,2,6-9H2,1H3. The fraction of sp³-hybridized carbons (Fsp3) is 0.533. The van der Waals surface area contributed by atoms with E-state index in [1.165, 1.54) is 18.6 Å². The molecule has 0 amide bonds. The van der Waals surface area contributed by atoms with Gasteiger partial charge in [0, 0.05) is 5.92 Å². The second-order valence-electron chi connectivity index (χ2n) is 5.09. The van der Waals surface area contributed by atoms with Crippen LogP contribution in [0.5, 0.6) is 0 Å². The van der Waals surface area contributed by atoms with E-state index in [1.807, 2.05) is 0 Å². The van der Waals surface area contributed by atoms with E-state index in [-0.39, 0.29) is 22.3 Å². The highest BCUT2D eigenvalue weighted by molar-refractivity contribution is 6.34. The molecule has 1 fully saturated rings. The number of carbonyl (C=O) groups excluding carboxylic acids is 1. The molecule has 0 radical (unpaired) electrons. The van der Waals surface area contributed by atoms with Gasteiger partial charge in [-0.05, 0) is 43.7 Å². The molecule has 0 aromatic heterocycles. The van der Waals surface area contributed by atoms with Gasteiger partial charge in [-0.15, -0.1) is 0 Å². The maximum Gasteiger partial charge on any atom is 0.170 e. The van der Waals surface area contributed by atoms with Crippen molar-refractivity contribution in [2.24, 2.45) is 11.8 Å². The van der Waals surface area contributed by atoms with Gasteiger partial charge in [0.1, 0.15) is 5.82 Å². The summed E-state index contributed by atoms with van der Waals surface area (Å²) in [6.07, 6.45) is 5.03. The molecule has 0 N–H and O–H groups in total. The second-order valence-corrected chi connectivity index (χ2v) is 5.49. The van der Waals surface area contributed by atoms with Gasteiger partial charge in [0.2, 0.25) is 0 Å². The third-order valence-electron chi connectivity index (χ3n) is 4.00. The van der Waals surface area contributed by atoms with E-state index < -0.39 is 5.82 Å². The van der Waals surface area contributed by atoms with Crippen molar-refractivity contribution in [3.8, 4) is 0 Å². The minimum absolute atomic E-state index is 0.0535. The number of hydrogen-bond donors (Lipinski definition) is 0. The van der Waals surface area contributed by atoms with Gasteiger partial charge in [-0.1, -0.05) is 31.0 Å². The molecule has 1 nitrogen and oxygen atoms in total. The minimum Gasteiger partial charge on any atom is -0.294 e. The highest BCUT2D eigenvalue weighted by Gasteiger charge is 2.28. The summed E-state index contributed by atoms with van der Waals surface area (Å²) in [4.78, 5) is 12.3. The summed E-state index contributed by atoms with van der Waals surface area (Å²) in [6, 6.07) is 4.41. The molecular weight excluding hydrogens is 251 g/mol. The average molecular weight is 269 g/mol. The lowest BCUT2D eigenvalue weighted by Crippen LogP contribution is -2.22. The monoisotopic (exact) mass is 268 g/mol. The fourth-order valence-electron chi connectivity index (χ4n) is 2.77. The molecule has 1 aromatic rings. The Kier molecular flexibility index (Phi) is 4.39. The quantitative estimate of drug-likeness (QED) is 0.714. The molecular formula is C15H18ClFO. The van der Waals surface area contributed by atoms with Crippen LogP contribution in [0.4, 0.5) is 4.39 Å². The van der Waals surface area contributed by atoms with Crippen molar-refractivity contribution in [2.45, 2.75) is 39.0 Å². The maximum absolute atomic E-state index is 13.7. The molecule has 1 aliphatic carbocycles. The molecule has 98 valence electrons. The van der Waals surface area contributed by atoms with Crippen molar-refractivity contribution in [3.05, 3.63) is 34.6 Å². The van der Waals surface area contributed by atoms with Crippen molar-refractivity contribution >= 4 is 17.4 Å². The summed E-state index contributed by atoms with van der Waals surface area (Å²) >= 11 is 5.94. The zero-order valence-corrected chi connectivity index (χ0v) is 11.3. The lowest BCUT2D eigenvalue weighted by molar-refractivity contribution is 0.0867. The Bertz CT molecular complexity index is 416. The first kappa shape index (κ1) is 13.5. The van der Waals surface area contributed by atoms with Gasteiger partial charge >= 0.3 is 0 Å². The topological polar surface area (TPSA) is 17.1 Å². The normalized spacial score (nSPS) is 23.9. The van der Waals surface area contributed by atoms with Crippen LogP contribution in [0, 0.1) is 17.7 Å². The molecule has 18 heavy (non-hydrogen) atoms. The number of Topliss-reactive ketones (excluding diaryl/α,β-unsaturated/α-hetero) is 1. The van der Waals surface area contributed by atoms with E-state index in [4.69, 9.17) is 11.6 Å². The minimum atomic E-state index is -0.495. The van der Waals surface area contributed by atoms with Crippen LogP contribution in [0.2, 0.25) is 5.02 Å². The summed E-state index contributed by atoms with van der Waals surface area (Å²) in [5, 5.41) is 0.234. The SMILES string of the molecule is CCC1CCC(C(=O)c2c(F)cccc2Cl)CC1. The summed E-state index contributed by atoms with van der Waals surface area (Å²) < 4.78 is 13.7. The van der Waals surface area contributed by atoms with Gasteiger partial charge in [-0.3, -0.25) is 4.79 Å². The van der Waals surface area contributed by atoms with Crippen molar-refractivity contribution in [1.29, 1.82) is 0 Å². The molecule has 0 aliphatic heterocycles. The lowest BCUT2D eigenvalue weighted by Gasteiger charge is -2.27. The van der Waals surface area contributed by atoms with Crippen molar-refractivity contribution in [1.82, 2.24) is 0 Å². The second kappa shape index (κ2) is 5.83. The number of benzene rings is 1. The smallest absolute Gasteiger partial charge is 0.170 e. The first-order valence-corrected chi connectivity index (χ1v) is 6.99. The molecule has 1 aromatic carbocycles. The van der Waals surface area contributed by atoms with Gasteiger partial charge in [0.05, 0.1) is 10.6 Å². The molecule has 0 heterocycles. The molecule has 3 heteroatoms. The van der Waals surface area contributed by atoms with Gasteiger partial charge in [-0.25, -0.2) is 4.39 Å². The van der Waals surface area contributed by atoms with Crippen LogP contribution >= 0.6 is 11.6 Å². The van der Waals surface area contributed by atoms with E-state index >= 15 is 0 Å². The molecule has 1 saturated carbocycles. The number of carbonyl (C=O) groups is 1. The van der Waals surface area contributed by atoms with Crippen LogP contribution in [-0.2, 0) is 0 Å². The first-order valence-electron chi connectivity index (χ1n) is 6.61. The van der Waals surface area contributed by atoms with Crippen molar-refractivity contribution in [3.63, 3.8) is 0 Å². The molecule has 0 bridgehead atoms. The number of halogens is 2. The summed E-state index contributed by atoms with van der Waals surface area (Å²) in [6.45, 7) is 2.18.